The lowest BCUT2D eigenvalue weighted by molar-refractivity contribution is 0.193. The van der Waals surface area contributed by atoms with Crippen molar-refractivity contribution in [3.05, 3.63) is 21.7 Å². The van der Waals surface area contributed by atoms with Gasteiger partial charge in [-0.1, -0.05) is 19.1 Å². The molecule has 0 amide bonds. The Morgan fingerprint density at radius 3 is 2.93 bits per heavy atom. The first kappa shape index (κ1) is 10.8. The van der Waals surface area contributed by atoms with Gasteiger partial charge in [-0.3, -0.25) is 0 Å². The Balaban J connectivity index is 2.38. The molecule has 1 N–H and O–H groups in total. The molecule has 0 radical (unpaired) electrons. The van der Waals surface area contributed by atoms with E-state index in [2.05, 4.69) is 23.8 Å². The third kappa shape index (κ3) is 2.11. The van der Waals surface area contributed by atoms with Crippen LogP contribution >= 0.6 is 12.2 Å². The van der Waals surface area contributed by atoms with E-state index in [0.29, 0.717) is 5.92 Å². The molecule has 1 saturated heterocycles. The average Bonchev–Trinajstić information content (AvgIpc) is 2.69. The van der Waals surface area contributed by atoms with Gasteiger partial charge in [-0.15, -0.1) is 0 Å². The molecule has 3 nitrogen and oxygen atoms in total. The average molecular weight is 224 g/mol. The van der Waals surface area contributed by atoms with Crippen LogP contribution in [0.3, 0.4) is 0 Å². The fraction of sp³-hybridized carbons (Fsp3) is 0.636. The second-order valence-electron chi connectivity index (χ2n) is 3.94. The zero-order valence-electron chi connectivity index (χ0n) is 9.17. The minimum atomic E-state index is 0.399. The Morgan fingerprint density at radius 1 is 1.60 bits per heavy atom. The summed E-state index contributed by atoms with van der Waals surface area (Å²) in [5.41, 5.74) is 2.31. The predicted octanol–water partition coefficient (Wildman–Crippen LogP) is 2.51. The molecule has 4 heteroatoms. The molecule has 15 heavy (non-hydrogen) atoms. The van der Waals surface area contributed by atoms with Gasteiger partial charge in [0.15, 0.2) is 0 Å². The number of aryl methyl sites for hydroxylation is 1. The first-order valence-corrected chi connectivity index (χ1v) is 5.80. The standard InChI is InChI=1S/C11H16N2OS/c1-3-9-7(2)12-10(13-11(9)15)8-4-5-14-6-8/h8H,3-6H2,1-2H3,(H,12,13,15). The van der Waals surface area contributed by atoms with Crippen LogP contribution in [0.15, 0.2) is 0 Å². The Kier molecular flexibility index (Phi) is 3.17. The van der Waals surface area contributed by atoms with Gasteiger partial charge in [0.05, 0.1) is 6.61 Å². The lowest BCUT2D eigenvalue weighted by Gasteiger charge is -2.10. The first-order chi connectivity index (χ1) is 7.22. The topological polar surface area (TPSA) is 37.9 Å². The van der Waals surface area contributed by atoms with Gasteiger partial charge in [-0.2, -0.15) is 0 Å². The predicted molar refractivity (Wildman–Crippen MR) is 61.7 cm³/mol. The monoisotopic (exact) mass is 224 g/mol. The molecule has 0 aromatic carbocycles. The normalized spacial score (nSPS) is 20.8. The van der Waals surface area contributed by atoms with Crippen molar-refractivity contribution in [3.8, 4) is 0 Å². The number of H-pyrrole nitrogens is 1. The minimum Gasteiger partial charge on any atom is -0.381 e. The highest BCUT2D eigenvalue weighted by molar-refractivity contribution is 7.71. The van der Waals surface area contributed by atoms with Crippen molar-refractivity contribution >= 4 is 12.2 Å². The number of hydrogen-bond donors (Lipinski definition) is 1. The lowest BCUT2D eigenvalue weighted by Crippen LogP contribution is -2.08. The summed E-state index contributed by atoms with van der Waals surface area (Å²) >= 11 is 5.29. The van der Waals surface area contributed by atoms with E-state index < -0.39 is 0 Å². The lowest BCUT2D eigenvalue weighted by atomic mass is 10.1. The molecule has 1 atom stereocenters. The maximum absolute atomic E-state index is 5.35. The summed E-state index contributed by atoms with van der Waals surface area (Å²) in [6.07, 6.45) is 1.98. The van der Waals surface area contributed by atoms with Gasteiger partial charge >= 0.3 is 0 Å². The van der Waals surface area contributed by atoms with Crippen molar-refractivity contribution in [2.75, 3.05) is 13.2 Å². The molecule has 1 fully saturated rings. The number of nitrogens with zero attached hydrogens (tertiary/aromatic N) is 1. The number of rotatable bonds is 2. The van der Waals surface area contributed by atoms with Crippen molar-refractivity contribution in [1.29, 1.82) is 0 Å². The third-order valence-corrected chi connectivity index (χ3v) is 3.26. The van der Waals surface area contributed by atoms with Crippen LogP contribution in [0.25, 0.3) is 0 Å². The molecule has 1 aliphatic rings. The molecule has 0 spiro atoms. The van der Waals surface area contributed by atoms with Crippen molar-refractivity contribution < 1.29 is 4.74 Å². The molecular formula is C11H16N2OS. The molecule has 82 valence electrons. The minimum absolute atomic E-state index is 0.399. The summed E-state index contributed by atoms with van der Waals surface area (Å²) in [6, 6.07) is 0. The fourth-order valence-electron chi connectivity index (χ4n) is 1.99. The van der Waals surface area contributed by atoms with Gasteiger partial charge in [-0.05, 0) is 19.8 Å². The van der Waals surface area contributed by atoms with E-state index >= 15 is 0 Å². The van der Waals surface area contributed by atoms with Crippen LogP contribution in [-0.2, 0) is 11.2 Å². The summed E-state index contributed by atoms with van der Waals surface area (Å²) in [6.45, 7) is 5.77. The number of aromatic nitrogens is 2. The number of hydrogen-bond acceptors (Lipinski definition) is 3. The summed E-state index contributed by atoms with van der Waals surface area (Å²) in [5.74, 6) is 1.39. The summed E-state index contributed by atoms with van der Waals surface area (Å²) < 4.78 is 6.10. The Labute approximate surface area is 94.9 Å². The van der Waals surface area contributed by atoms with Crippen molar-refractivity contribution in [2.45, 2.75) is 32.6 Å². The van der Waals surface area contributed by atoms with Crippen molar-refractivity contribution in [1.82, 2.24) is 9.97 Å². The van der Waals surface area contributed by atoms with Gasteiger partial charge < -0.3 is 9.72 Å². The zero-order chi connectivity index (χ0) is 10.8. The summed E-state index contributed by atoms with van der Waals surface area (Å²) in [4.78, 5) is 7.82. The SMILES string of the molecule is CCc1c(C)[nH]c(C2CCOC2)nc1=S. The van der Waals surface area contributed by atoms with Gasteiger partial charge in [-0.25, -0.2) is 4.98 Å². The largest absolute Gasteiger partial charge is 0.381 e. The van der Waals surface area contributed by atoms with Crippen molar-refractivity contribution in [2.24, 2.45) is 0 Å². The third-order valence-electron chi connectivity index (χ3n) is 2.92. The second kappa shape index (κ2) is 4.41. The van der Waals surface area contributed by atoms with Crippen LogP contribution < -0.4 is 0 Å². The zero-order valence-corrected chi connectivity index (χ0v) is 9.99. The van der Waals surface area contributed by atoms with E-state index in [1.54, 1.807) is 0 Å². The molecule has 1 aromatic heterocycles. The smallest absolute Gasteiger partial charge is 0.133 e. The van der Waals surface area contributed by atoms with Gasteiger partial charge in [0, 0.05) is 23.8 Å². The maximum Gasteiger partial charge on any atom is 0.133 e. The maximum atomic E-state index is 5.35. The molecule has 1 unspecified atom stereocenters. The molecular weight excluding hydrogens is 208 g/mol. The van der Waals surface area contributed by atoms with Crippen molar-refractivity contribution in [3.63, 3.8) is 0 Å². The molecule has 1 aliphatic heterocycles. The van der Waals surface area contributed by atoms with E-state index in [1.165, 1.54) is 0 Å². The molecule has 2 rings (SSSR count). The van der Waals surface area contributed by atoms with E-state index in [1.807, 2.05) is 0 Å². The van der Waals surface area contributed by atoms with Crippen LogP contribution in [0.2, 0.25) is 0 Å². The van der Waals surface area contributed by atoms with E-state index in [9.17, 15) is 0 Å². The highest BCUT2D eigenvalue weighted by Gasteiger charge is 2.20. The molecule has 2 heterocycles. The second-order valence-corrected chi connectivity index (χ2v) is 4.33. The first-order valence-electron chi connectivity index (χ1n) is 5.39. The van der Waals surface area contributed by atoms with Crippen LogP contribution in [0.5, 0.6) is 0 Å². The summed E-state index contributed by atoms with van der Waals surface area (Å²) in [5, 5.41) is 0. The van der Waals surface area contributed by atoms with E-state index in [0.717, 1.165) is 47.8 Å². The van der Waals surface area contributed by atoms with Crippen LogP contribution in [0.1, 0.15) is 36.3 Å². The molecule has 0 bridgehead atoms. The Bertz CT molecular complexity index is 408. The van der Waals surface area contributed by atoms with Crippen LogP contribution in [0.4, 0.5) is 0 Å². The van der Waals surface area contributed by atoms with Gasteiger partial charge in [0.1, 0.15) is 10.5 Å². The van der Waals surface area contributed by atoms with Gasteiger partial charge in [0.2, 0.25) is 0 Å². The number of ether oxygens (including phenoxy) is 1. The van der Waals surface area contributed by atoms with Crippen LogP contribution in [-0.4, -0.2) is 23.2 Å². The molecule has 0 saturated carbocycles. The Morgan fingerprint density at radius 2 is 2.40 bits per heavy atom. The number of aromatic amines is 1. The number of nitrogens with one attached hydrogen (secondary N) is 1. The summed E-state index contributed by atoms with van der Waals surface area (Å²) in [7, 11) is 0. The molecule has 0 aliphatic carbocycles. The Hall–Kier alpha value is -0.740. The highest BCUT2D eigenvalue weighted by atomic mass is 32.1. The van der Waals surface area contributed by atoms with Crippen LogP contribution in [0, 0.1) is 11.6 Å². The molecule has 1 aromatic rings. The highest BCUT2D eigenvalue weighted by Crippen LogP contribution is 2.23. The quantitative estimate of drug-likeness (QED) is 0.784. The van der Waals surface area contributed by atoms with E-state index in [4.69, 9.17) is 17.0 Å². The van der Waals surface area contributed by atoms with Gasteiger partial charge in [0.25, 0.3) is 0 Å². The van der Waals surface area contributed by atoms with E-state index in [-0.39, 0.29) is 0 Å². The fourth-order valence-corrected chi connectivity index (χ4v) is 2.39.